The van der Waals surface area contributed by atoms with Crippen LogP contribution in [0.2, 0.25) is 0 Å². The van der Waals surface area contributed by atoms with Crippen molar-refractivity contribution in [3.8, 4) is 50.3 Å². The zero-order chi connectivity index (χ0) is 36.5. The van der Waals surface area contributed by atoms with Crippen LogP contribution in [0.3, 0.4) is 0 Å². The van der Waals surface area contributed by atoms with Crippen molar-refractivity contribution in [3.05, 3.63) is 199 Å². The predicted molar refractivity (Wildman–Crippen MR) is 231 cm³/mol. The number of nitrogens with zero attached hydrogens (tertiary/aromatic N) is 3. The molecule has 55 heavy (non-hydrogen) atoms. The van der Waals surface area contributed by atoms with Crippen molar-refractivity contribution < 1.29 is 0 Å². The average molecular weight is 704 g/mol. The van der Waals surface area contributed by atoms with Gasteiger partial charge in [0.2, 0.25) is 0 Å². The van der Waals surface area contributed by atoms with Gasteiger partial charge in [-0.25, -0.2) is 0 Å². The molecule has 0 amide bonds. The quantitative estimate of drug-likeness (QED) is 0.181. The molecule has 0 bridgehead atoms. The maximum absolute atomic E-state index is 2.48. The summed E-state index contributed by atoms with van der Waals surface area (Å²) in [6, 6.07) is 66.9. The van der Waals surface area contributed by atoms with Crippen LogP contribution in [0, 0.1) is 0 Å². The Kier molecular flexibility index (Phi) is 7.14. The molecule has 0 saturated heterocycles. The number of benzene rings is 8. The van der Waals surface area contributed by atoms with Crippen LogP contribution in [0.1, 0.15) is 11.1 Å². The number of hydrogen-bond acceptors (Lipinski definition) is 2. The molecule has 0 spiro atoms. The van der Waals surface area contributed by atoms with Gasteiger partial charge in [-0.15, -0.1) is 0 Å². The summed E-state index contributed by atoms with van der Waals surface area (Å²) in [5.41, 5.74) is 18.3. The van der Waals surface area contributed by atoms with Gasteiger partial charge in [0.25, 0.3) is 0 Å². The Balaban J connectivity index is 1.08. The number of anilines is 3. The molecule has 0 aliphatic carbocycles. The van der Waals surface area contributed by atoms with Gasteiger partial charge in [0.15, 0.2) is 0 Å². The first-order valence-electron chi connectivity index (χ1n) is 19.0. The summed E-state index contributed by atoms with van der Waals surface area (Å²) in [6.45, 7) is 0.911. The van der Waals surface area contributed by atoms with Gasteiger partial charge in [0.1, 0.15) is 0 Å². The van der Waals surface area contributed by atoms with Crippen LogP contribution in [0.15, 0.2) is 188 Å². The minimum atomic E-state index is 0.911. The Bertz CT molecular complexity index is 2980. The van der Waals surface area contributed by atoms with E-state index >= 15 is 0 Å². The Morgan fingerprint density at radius 1 is 0.473 bits per heavy atom. The van der Waals surface area contributed by atoms with Gasteiger partial charge in [-0.1, -0.05) is 140 Å². The third-order valence-corrected chi connectivity index (χ3v) is 11.4. The molecule has 260 valence electrons. The first-order valence-corrected chi connectivity index (χ1v) is 19.0. The van der Waals surface area contributed by atoms with E-state index in [9.17, 15) is 0 Å². The van der Waals surface area contributed by atoms with Crippen LogP contribution >= 0.6 is 0 Å². The Morgan fingerprint density at radius 3 is 2.04 bits per heavy atom. The lowest BCUT2D eigenvalue weighted by atomic mass is 9.92. The molecular weight excluding hydrogens is 667 g/mol. The molecule has 3 heteroatoms. The minimum absolute atomic E-state index is 0.911. The standard InChI is InChI=1S/C52H37N3/c1-53-31-30-37-14-11-20-43(47(37)34-53)38-26-24-36(25-27-38)40-15-10-16-41(32-40)54-48-21-7-4-17-44(48)51-45-18-5-8-22-49(45)55(52(51)46-19-6-9-23-50(46)54)42-29-28-35-12-2-3-13-39(35)33-42/h2-33H,34H2,1H3. The third-order valence-electron chi connectivity index (χ3n) is 11.4. The zero-order valence-corrected chi connectivity index (χ0v) is 30.5. The molecule has 0 saturated carbocycles. The van der Waals surface area contributed by atoms with Crippen LogP contribution in [-0.4, -0.2) is 16.5 Å². The molecule has 0 radical (unpaired) electrons. The molecule has 0 unspecified atom stereocenters. The van der Waals surface area contributed by atoms with E-state index in [0.29, 0.717) is 0 Å². The predicted octanol–water partition coefficient (Wildman–Crippen LogP) is 13.7. The summed E-state index contributed by atoms with van der Waals surface area (Å²) in [6.07, 6.45) is 4.37. The molecule has 0 N–H and O–H groups in total. The topological polar surface area (TPSA) is 11.4 Å². The van der Waals surface area contributed by atoms with Gasteiger partial charge in [0, 0.05) is 47.0 Å². The molecule has 0 fully saturated rings. The highest BCUT2D eigenvalue weighted by Crippen LogP contribution is 2.54. The second-order valence-electron chi connectivity index (χ2n) is 14.7. The SMILES string of the molecule is CN1C=Cc2cccc(-c3ccc(-c4cccc(N5c6ccccc6-c6c(n(-c7ccc8ccccc8c7)c7ccccc67)-c6ccccc65)c4)cc3)c2C1. The van der Waals surface area contributed by atoms with Crippen molar-refractivity contribution >= 4 is 44.8 Å². The minimum Gasteiger partial charge on any atom is -0.376 e. The van der Waals surface area contributed by atoms with Gasteiger partial charge in [-0.3, -0.25) is 0 Å². The normalized spacial score (nSPS) is 13.0. The maximum Gasteiger partial charge on any atom is 0.0641 e. The van der Waals surface area contributed by atoms with Crippen molar-refractivity contribution in [2.75, 3.05) is 11.9 Å². The first kappa shape index (κ1) is 31.4. The van der Waals surface area contributed by atoms with Crippen molar-refractivity contribution in [2.45, 2.75) is 6.54 Å². The lowest BCUT2D eigenvalue weighted by molar-refractivity contribution is 0.448. The summed E-state index contributed by atoms with van der Waals surface area (Å²) in [5, 5.41) is 3.71. The van der Waals surface area contributed by atoms with Crippen molar-refractivity contribution in [1.82, 2.24) is 9.47 Å². The van der Waals surface area contributed by atoms with Crippen LogP contribution in [0.25, 0.3) is 78.1 Å². The monoisotopic (exact) mass is 703 g/mol. The van der Waals surface area contributed by atoms with E-state index < -0.39 is 0 Å². The lowest BCUT2D eigenvalue weighted by Crippen LogP contribution is -2.15. The fraction of sp³-hybridized carbons (Fsp3) is 0.0385. The lowest BCUT2D eigenvalue weighted by Gasteiger charge is -2.28. The highest BCUT2D eigenvalue weighted by atomic mass is 15.2. The van der Waals surface area contributed by atoms with Gasteiger partial charge >= 0.3 is 0 Å². The summed E-state index contributed by atoms with van der Waals surface area (Å²) in [4.78, 5) is 4.71. The van der Waals surface area contributed by atoms with E-state index in [4.69, 9.17) is 0 Å². The van der Waals surface area contributed by atoms with Crippen LogP contribution in [-0.2, 0) is 6.54 Å². The molecule has 9 aromatic rings. The van der Waals surface area contributed by atoms with Crippen molar-refractivity contribution in [3.63, 3.8) is 0 Å². The van der Waals surface area contributed by atoms with Gasteiger partial charge in [0.05, 0.1) is 22.6 Å². The van der Waals surface area contributed by atoms with Gasteiger partial charge in [-0.05, 0) is 98.9 Å². The van der Waals surface area contributed by atoms with E-state index in [1.165, 1.54) is 77.4 Å². The molecule has 3 nitrogen and oxygen atoms in total. The van der Waals surface area contributed by atoms with E-state index in [2.05, 4.69) is 216 Å². The largest absolute Gasteiger partial charge is 0.376 e. The highest BCUT2D eigenvalue weighted by molar-refractivity contribution is 6.13. The molecule has 1 aromatic heterocycles. The van der Waals surface area contributed by atoms with Crippen LogP contribution in [0.4, 0.5) is 17.1 Å². The Hall–Kier alpha value is -7.10. The molecule has 0 atom stereocenters. The molecular formula is C52H37N3. The number of fused-ring (bicyclic) bond motifs is 9. The van der Waals surface area contributed by atoms with Crippen LogP contribution < -0.4 is 4.90 Å². The Morgan fingerprint density at radius 2 is 1.16 bits per heavy atom. The third kappa shape index (κ3) is 5.04. The molecule has 2 aliphatic heterocycles. The Labute approximate surface area is 321 Å². The molecule has 3 heterocycles. The molecule has 8 aromatic carbocycles. The number of aromatic nitrogens is 1. The smallest absolute Gasteiger partial charge is 0.0641 e. The van der Waals surface area contributed by atoms with E-state index in [1.54, 1.807) is 0 Å². The summed E-state index contributed by atoms with van der Waals surface area (Å²) >= 11 is 0. The summed E-state index contributed by atoms with van der Waals surface area (Å²) in [5.74, 6) is 0. The molecule has 2 aliphatic rings. The van der Waals surface area contributed by atoms with E-state index in [0.717, 1.165) is 29.3 Å². The highest BCUT2D eigenvalue weighted by Gasteiger charge is 2.31. The second kappa shape index (κ2) is 12.5. The van der Waals surface area contributed by atoms with E-state index in [-0.39, 0.29) is 0 Å². The van der Waals surface area contributed by atoms with Crippen molar-refractivity contribution in [2.24, 2.45) is 0 Å². The summed E-state index contributed by atoms with van der Waals surface area (Å²) < 4.78 is 2.48. The number of rotatable bonds is 4. The number of para-hydroxylation sites is 3. The van der Waals surface area contributed by atoms with Crippen LogP contribution in [0.5, 0.6) is 0 Å². The zero-order valence-electron chi connectivity index (χ0n) is 30.5. The van der Waals surface area contributed by atoms with E-state index in [1.807, 2.05) is 0 Å². The number of hydrogen-bond donors (Lipinski definition) is 0. The van der Waals surface area contributed by atoms with Gasteiger partial charge in [-0.2, -0.15) is 0 Å². The summed E-state index contributed by atoms with van der Waals surface area (Å²) in [7, 11) is 2.14. The maximum atomic E-state index is 2.48. The fourth-order valence-electron chi connectivity index (χ4n) is 8.89. The van der Waals surface area contributed by atoms with Crippen molar-refractivity contribution in [1.29, 1.82) is 0 Å². The van der Waals surface area contributed by atoms with Gasteiger partial charge < -0.3 is 14.4 Å². The fourth-order valence-corrected chi connectivity index (χ4v) is 8.89. The average Bonchev–Trinajstić information content (AvgIpc) is 3.52. The molecule has 11 rings (SSSR count). The second-order valence-corrected chi connectivity index (χ2v) is 14.7. The first-order chi connectivity index (χ1) is 27.2.